The summed E-state index contributed by atoms with van der Waals surface area (Å²) in [6, 6.07) is -0.508. The van der Waals surface area contributed by atoms with E-state index in [0.717, 1.165) is 0 Å². The van der Waals surface area contributed by atoms with E-state index in [1.807, 2.05) is 0 Å². The van der Waals surface area contributed by atoms with Gasteiger partial charge in [0.05, 0.1) is 11.8 Å². The first kappa shape index (κ1) is 11.1. The van der Waals surface area contributed by atoms with Gasteiger partial charge in [-0.1, -0.05) is 5.16 Å². The van der Waals surface area contributed by atoms with Gasteiger partial charge in [0.1, 0.15) is 9.84 Å². The highest BCUT2D eigenvalue weighted by Crippen LogP contribution is 2.11. The third-order valence-corrected chi connectivity index (χ3v) is 2.64. The Morgan fingerprint density at radius 1 is 1.57 bits per heavy atom. The molecule has 0 spiro atoms. The number of rotatable bonds is 4. The van der Waals surface area contributed by atoms with Crippen molar-refractivity contribution >= 4 is 9.84 Å². The Balaban J connectivity index is 2.55. The van der Waals surface area contributed by atoms with E-state index in [4.69, 9.17) is 10.3 Å². The molecule has 1 rings (SSSR count). The van der Waals surface area contributed by atoms with Crippen molar-refractivity contribution in [1.82, 2.24) is 10.1 Å². The minimum atomic E-state index is -2.99. The van der Waals surface area contributed by atoms with Gasteiger partial charge >= 0.3 is 0 Å². The highest BCUT2D eigenvalue weighted by molar-refractivity contribution is 7.90. The van der Waals surface area contributed by atoms with Crippen LogP contribution in [0.5, 0.6) is 0 Å². The van der Waals surface area contributed by atoms with Gasteiger partial charge in [-0.2, -0.15) is 4.98 Å². The zero-order valence-electron chi connectivity index (χ0n) is 8.10. The SMILES string of the molecule is Cc1noc(C(N)CCS(C)(=O)=O)n1. The zero-order valence-corrected chi connectivity index (χ0v) is 8.91. The molecule has 0 aliphatic rings. The Morgan fingerprint density at radius 2 is 2.21 bits per heavy atom. The van der Waals surface area contributed by atoms with E-state index in [0.29, 0.717) is 12.2 Å². The van der Waals surface area contributed by atoms with Gasteiger partial charge in [0.25, 0.3) is 0 Å². The molecule has 0 fully saturated rings. The van der Waals surface area contributed by atoms with Crippen molar-refractivity contribution in [2.45, 2.75) is 19.4 Å². The van der Waals surface area contributed by atoms with Gasteiger partial charge in [-0.3, -0.25) is 0 Å². The Bertz CT molecular complexity index is 398. The summed E-state index contributed by atoms with van der Waals surface area (Å²) < 4.78 is 26.5. The number of hydrogen-bond acceptors (Lipinski definition) is 6. The molecule has 1 unspecified atom stereocenters. The van der Waals surface area contributed by atoms with Crippen LogP contribution >= 0.6 is 0 Å². The molecule has 0 saturated carbocycles. The first-order valence-electron chi connectivity index (χ1n) is 4.12. The average Bonchev–Trinajstić information content (AvgIpc) is 2.46. The highest BCUT2D eigenvalue weighted by atomic mass is 32.2. The van der Waals surface area contributed by atoms with E-state index in [1.165, 1.54) is 6.26 Å². The van der Waals surface area contributed by atoms with Gasteiger partial charge in [0.15, 0.2) is 5.82 Å². The molecular weight excluding hydrogens is 206 g/mol. The maximum Gasteiger partial charge on any atom is 0.243 e. The lowest BCUT2D eigenvalue weighted by Gasteiger charge is -2.04. The molecular formula is C7H13N3O3S. The molecule has 0 aliphatic carbocycles. The summed E-state index contributed by atoms with van der Waals surface area (Å²) >= 11 is 0. The van der Waals surface area contributed by atoms with Gasteiger partial charge < -0.3 is 10.3 Å². The lowest BCUT2D eigenvalue weighted by molar-refractivity contribution is 0.349. The molecule has 80 valence electrons. The van der Waals surface area contributed by atoms with Crippen molar-refractivity contribution < 1.29 is 12.9 Å². The van der Waals surface area contributed by atoms with Crippen LogP contribution in [0, 0.1) is 6.92 Å². The average molecular weight is 219 g/mol. The molecule has 14 heavy (non-hydrogen) atoms. The number of hydrogen-bond donors (Lipinski definition) is 1. The fraction of sp³-hybridized carbons (Fsp3) is 0.714. The van der Waals surface area contributed by atoms with Crippen molar-refractivity contribution in [1.29, 1.82) is 0 Å². The Morgan fingerprint density at radius 3 is 2.64 bits per heavy atom. The maximum absolute atomic E-state index is 10.9. The van der Waals surface area contributed by atoms with E-state index in [1.54, 1.807) is 6.92 Å². The minimum Gasteiger partial charge on any atom is -0.338 e. The summed E-state index contributed by atoms with van der Waals surface area (Å²) in [5.74, 6) is 0.802. The molecule has 6 nitrogen and oxygen atoms in total. The normalized spacial score (nSPS) is 14.2. The molecule has 7 heteroatoms. The number of aryl methyl sites for hydroxylation is 1. The summed E-state index contributed by atoms with van der Waals surface area (Å²) in [6.45, 7) is 1.68. The van der Waals surface area contributed by atoms with E-state index in [2.05, 4.69) is 10.1 Å². The van der Waals surface area contributed by atoms with Gasteiger partial charge in [-0.15, -0.1) is 0 Å². The molecule has 0 aliphatic heterocycles. The fourth-order valence-corrected chi connectivity index (χ4v) is 1.61. The molecule has 1 heterocycles. The molecule has 2 N–H and O–H groups in total. The summed E-state index contributed by atoms with van der Waals surface area (Å²) in [4.78, 5) is 3.91. The molecule has 0 aromatic carbocycles. The van der Waals surface area contributed by atoms with Crippen LogP contribution in [0.4, 0.5) is 0 Å². The standard InChI is InChI=1S/C7H13N3O3S/c1-5-9-7(13-10-5)6(8)3-4-14(2,11)12/h6H,3-4,8H2,1-2H3. The van der Waals surface area contributed by atoms with Crippen LogP contribution in [-0.2, 0) is 9.84 Å². The van der Waals surface area contributed by atoms with E-state index < -0.39 is 15.9 Å². The lowest BCUT2D eigenvalue weighted by atomic mass is 10.2. The van der Waals surface area contributed by atoms with Crippen LogP contribution < -0.4 is 5.73 Å². The van der Waals surface area contributed by atoms with Gasteiger partial charge in [-0.25, -0.2) is 8.42 Å². The maximum atomic E-state index is 10.9. The van der Waals surface area contributed by atoms with E-state index >= 15 is 0 Å². The number of aromatic nitrogens is 2. The number of nitrogens with zero attached hydrogens (tertiary/aromatic N) is 2. The Kier molecular flexibility index (Phi) is 3.22. The predicted molar refractivity (Wildman–Crippen MR) is 50.3 cm³/mol. The number of sulfone groups is 1. The Hall–Kier alpha value is -0.950. The monoisotopic (exact) mass is 219 g/mol. The molecule has 0 bridgehead atoms. The molecule has 0 amide bonds. The van der Waals surface area contributed by atoms with Crippen LogP contribution in [0.2, 0.25) is 0 Å². The van der Waals surface area contributed by atoms with E-state index in [9.17, 15) is 8.42 Å². The smallest absolute Gasteiger partial charge is 0.243 e. The first-order valence-corrected chi connectivity index (χ1v) is 6.18. The quantitative estimate of drug-likeness (QED) is 0.753. The van der Waals surface area contributed by atoms with E-state index in [-0.39, 0.29) is 11.6 Å². The fourth-order valence-electron chi connectivity index (χ4n) is 0.928. The van der Waals surface area contributed by atoms with Crippen molar-refractivity contribution in [2.24, 2.45) is 5.73 Å². The summed E-state index contributed by atoms with van der Waals surface area (Å²) in [5, 5.41) is 3.57. The first-order chi connectivity index (χ1) is 6.38. The second-order valence-electron chi connectivity index (χ2n) is 3.20. The highest BCUT2D eigenvalue weighted by Gasteiger charge is 2.15. The molecule has 1 aromatic rings. The van der Waals surface area contributed by atoms with Crippen molar-refractivity contribution in [3.8, 4) is 0 Å². The second kappa shape index (κ2) is 4.05. The van der Waals surface area contributed by atoms with Gasteiger partial charge in [0, 0.05) is 6.26 Å². The van der Waals surface area contributed by atoms with Gasteiger partial charge in [0.2, 0.25) is 5.89 Å². The van der Waals surface area contributed by atoms with Gasteiger partial charge in [-0.05, 0) is 13.3 Å². The third-order valence-electron chi connectivity index (χ3n) is 1.66. The summed E-state index contributed by atoms with van der Waals surface area (Å²) in [6.07, 6.45) is 1.46. The summed E-state index contributed by atoms with van der Waals surface area (Å²) in [7, 11) is -2.99. The summed E-state index contributed by atoms with van der Waals surface area (Å²) in [5.41, 5.74) is 5.65. The zero-order chi connectivity index (χ0) is 10.8. The van der Waals surface area contributed by atoms with Crippen LogP contribution in [0.3, 0.4) is 0 Å². The largest absolute Gasteiger partial charge is 0.338 e. The Labute approximate surface area is 82.4 Å². The molecule has 0 saturated heterocycles. The second-order valence-corrected chi connectivity index (χ2v) is 5.46. The van der Waals surface area contributed by atoms with Crippen molar-refractivity contribution in [2.75, 3.05) is 12.0 Å². The number of nitrogens with two attached hydrogens (primary N) is 1. The van der Waals surface area contributed by atoms with Crippen LogP contribution in [0.1, 0.15) is 24.2 Å². The lowest BCUT2D eigenvalue weighted by Crippen LogP contribution is -2.16. The van der Waals surface area contributed by atoms with Crippen molar-refractivity contribution in [3.05, 3.63) is 11.7 Å². The van der Waals surface area contributed by atoms with Crippen LogP contribution in [0.15, 0.2) is 4.52 Å². The third kappa shape index (κ3) is 3.43. The topological polar surface area (TPSA) is 99.1 Å². The van der Waals surface area contributed by atoms with Crippen LogP contribution in [-0.4, -0.2) is 30.6 Å². The molecule has 1 aromatic heterocycles. The molecule has 1 atom stereocenters. The van der Waals surface area contributed by atoms with Crippen molar-refractivity contribution in [3.63, 3.8) is 0 Å². The predicted octanol–water partition coefficient (Wildman–Crippen LogP) is -0.187. The van der Waals surface area contributed by atoms with Crippen LogP contribution in [0.25, 0.3) is 0 Å². The molecule has 0 radical (unpaired) electrons. The minimum absolute atomic E-state index is 0.0234.